The van der Waals surface area contributed by atoms with Crippen LogP contribution in [0.15, 0.2) is 30.5 Å². The van der Waals surface area contributed by atoms with Crippen molar-refractivity contribution in [3.05, 3.63) is 36.0 Å². The molecule has 0 bridgehead atoms. The largest absolute Gasteiger partial charge is 0.497 e. The van der Waals surface area contributed by atoms with Crippen molar-refractivity contribution in [2.75, 3.05) is 24.3 Å². The zero-order valence-electron chi connectivity index (χ0n) is 12.6. The Morgan fingerprint density at radius 2 is 1.90 bits per heavy atom. The Kier molecular flexibility index (Phi) is 5.31. The molecule has 0 amide bonds. The highest BCUT2D eigenvalue weighted by Gasteiger charge is 2.02. The maximum Gasteiger partial charge on any atom is 0.244 e. The minimum absolute atomic E-state index is 0.513. The molecule has 2 rings (SSSR count). The lowest BCUT2D eigenvalue weighted by Gasteiger charge is -2.09. The van der Waals surface area contributed by atoms with Crippen LogP contribution in [0.5, 0.6) is 5.75 Å². The molecule has 6 heteroatoms. The first kappa shape index (κ1) is 15.0. The summed E-state index contributed by atoms with van der Waals surface area (Å²) in [6.45, 7) is 5.78. The molecule has 6 nitrogen and oxygen atoms in total. The Hall–Kier alpha value is -2.37. The van der Waals surface area contributed by atoms with Gasteiger partial charge in [-0.1, -0.05) is 26.0 Å². The summed E-state index contributed by atoms with van der Waals surface area (Å²) < 4.78 is 5.13. The maximum absolute atomic E-state index is 5.13. The molecule has 2 N–H and O–H groups in total. The van der Waals surface area contributed by atoms with Gasteiger partial charge in [-0.05, 0) is 23.6 Å². The first-order valence-electron chi connectivity index (χ1n) is 6.98. The fourth-order valence-electron chi connectivity index (χ4n) is 1.70. The summed E-state index contributed by atoms with van der Waals surface area (Å²) in [5.74, 6) is 2.64. The third-order valence-electron chi connectivity index (χ3n) is 2.86. The Balaban J connectivity index is 1.91. The van der Waals surface area contributed by atoms with Crippen molar-refractivity contribution in [1.82, 2.24) is 15.2 Å². The zero-order valence-corrected chi connectivity index (χ0v) is 12.6. The van der Waals surface area contributed by atoms with E-state index in [4.69, 9.17) is 4.74 Å². The van der Waals surface area contributed by atoms with Gasteiger partial charge < -0.3 is 15.4 Å². The van der Waals surface area contributed by atoms with Crippen molar-refractivity contribution in [1.29, 1.82) is 0 Å². The van der Waals surface area contributed by atoms with Gasteiger partial charge in [0.15, 0.2) is 5.82 Å². The van der Waals surface area contributed by atoms with Gasteiger partial charge in [0.1, 0.15) is 5.75 Å². The summed E-state index contributed by atoms with van der Waals surface area (Å²) in [4.78, 5) is 4.37. The highest BCUT2D eigenvalue weighted by atomic mass is 16.5. The fourth-order valence-corrected chi connectivity index (χ4v) is 1.70. The minimum Gasteiger partial charge on any atom is -0.497 e. The van der Waals surface area contributed by atoms with E-state index >= 15 is 0 Å². The van der Waals surface area contributed by atoms with Crippen molar-refractivity contribution >= 4 is 11.8 Å². The molecule has 0 fully saturated rings. The average Bonchev–Trinajstić information content (AvgIpc) is 2.52. The topological polar surface area (TPSA) is 72.0 Å². The van der Waals surface area contributed by atoms with E-state index in [1.807, 2.05) is 24.3 Å². The van der Waals surface area contributed by atoms with E-state index in [2.05, 4.69) is 39.7 Å². The zero-order chi connectivity index (χ0) is 15.1. The molecule has 0 unspecified atom stereocenters. The molecule has 0 aliphatic heterocycles. The molecule has 0 radical (unpaired) electrons. The number of nitrogens with zero attached hydrogens (tertiary/aromatic N) is 3. The van der Waals surface area contributed by atoms with Crippen LogP contribution < -0.4 is 15.4 Å². The van der Waals surface area contributed by atoms with E-state index < -0.39 is 0 Å². The third-order valence-corrected chi connectivity index (χ3v) is 2.86. The van der Waals surface area contributed by atoms with Crippen molar-refractivity contribution in [3.8, 4) is 5.75 Å². The lowest BCUT2D eigenvalue weighted by molar-refractivity contribution is 0.414. The first-order chi connectivity index (χ1) is 10.2. The normalized spacial score (nSPS) is 10.5. The number of nitrogens with one attached hydrogen (secondary N) is 2. The molecule has 0 aliphatic carbocycles. The monoisotopic (exact) mass is 287 g/mol. The van der Waals surface area contributed by atoms with Crippen molar-refractivity contribution in [2.45, 2.75) is 20.4 Å². The maximum atomic E-state index is 5.13. The van der Waals surface area contributed by atoms with Gasteiger partial charge in [0.2, 0.25) is 5.95 Å². The molecular formula is C15H21N5O. The van der Waals surface area contributed by atoms with E-state index in [1.54, 1.807) is 13.3 Å². The third kappa shape index (κ3) is 4.91. The van der Waals surface area contributed by atoms with E-state index in [0.29, 0.717) is 18.4 Å². The molecule has 0 saturated heterocycles. The summed E-state index contributed by atoms with van der Waals surface area (Å²) >= 11 is 0. The number of aromatic nitrogens is 3. The number of benzene rings is 1. The van der Waals surface area contributed by atoms with Crippen LogP contribution in [-0.2, 0) is 6.54 Å². The van der Waals surface area contributed by atoms with Crippen LogP contribution in [0, 0.1) is 5.92 Å². The van der Waals surface area contributed by atoms with Crippen LogP contribution in [0.3, 0.4) is 0 Å². The lowest BCUT2D eigenvalue weighted by atomic mass is 10.2. The molecule has 0 aliphatic rings. The van der Waals surface area contributed by atoms with Crippen LogP contribution in [0.25, 0.3) is 0 Å². The first-order valence-corrected chi connectivity index (χ1v) is 6.98. The fraction of sp³-hybridized carbons (Fsp3) is 0.400. The van der Waals surface area contributed by atoms with Gasteiger partial charge in [-0.3, -0.25) is 0 Å². The van der Waals surface area contributed by atoms with Crippen LogP contribution >= 0.6 is 0 Å². The molecule has 1 aromatic heterocycles. The SMILES string of the molecule is COc1ccc(CNc2nncc(NCC(C)C)n2)cc1. The van der Waals surface area contributed by atoms with Crippen LogP contribution in [0.1, 0.15) is 19.4 Å². The highest BCUT2D eigenvalue weighted by Crippen LogP contribution is 2.12. The number of anilines is 2. The van der Waals surface area contributed by atoms with Crippen LogP contribution in [-0.4, -0.2) is 28.8 Å². The standard InChI is InChI=1S/C15H21N5O/c1-11(2)8-16-14-10-18-20-15(19-14)17-9-12-4-6-13(21-3)7-5-12/h4-7,10-11H,8-9H2,1-3H3,(H2,16,17,19,20). The van der Waals surface area contributed by atoms with Crippen molar-refractivity contribution < 1.29 is 4.74 Å². The summed E-state index contributed by atoms with van der Waals surface area (Å²) in [5, 5.41) is 14.3. The molecule has 1 heterocycles. The van der Waals surface area contributed by atoms with E-state index in [0.717, 1.165) is 23.7 Å². The summed E-state index contributed by atoms with van der Waals surface area (Å²) in [7, 11) is 1.66. The van der Waals surface area contributed by atoms with Gasteiger partial charge in [-0.2, -0.15) is 10.1 Å². The Morgan fingerprint density at radius 1 is 1.14 bits per heavy atom. The molecule has 0 spiro atoms. The van der Waals surface area contributed by atoms with E-state index in [-0.39, 0.29) is 0 Å². The van der Waals surface area contributed by atoms with Gasteiger partial charge in [-0.15, -0.1) is 5.10 Å². The Bertz CT molecular complexity index is 556. The van der Waals surface area contributed by atoms with Crippen molar-refractivity contribution in [2.24, 2.45) is 5.92 Å². The summed E-state index contributed by atoms with van der Waals surface area (Å²) in [6.07, 6.45) is 1.63. The van der Waals surface area contributed by atoms with E-state index in [9.17, 15) is 0 Å². The molecule has 21 heavy (non-hydrogen) atoms. The number of ether oxygens (including phenoxy) is 1. The minimum atomic E-state index is 0.513. The second-order valence-corrected chi connectivity index (χ2v) is 5.14. The van der Waals surface area contributed by atoms with Gasteiger partial charge in [0.05, 0.1) is 13.3 Å². The molecular weight excluding hydrogens is 266 g/mol. The van der Waals surface area contributed by atoms with Crippen LogP contribution in [0.2, 0.25) is 0 Å². The van der Waals surface area contributed by atoms with Crippen molar-refractivity contribution in [3.63, 3.8) is 0 Å². The van der Waals surface area contributed by atoms with E-state index in [1.165, 1.54) is 0 Å². The van der Waals surface area contributed by atoms with Crippen LogP contribution in [0.4, 0.5) is 11.8 Å². The molecule has 0 atom stereocenters. The Labute approximate surface area is 125 Å². The predicted molar refractivity (Wildman–Crippen MR) is 83.5 cm³/mol. The Morgan fingerprint density at radius 3 is 2.57 bits per heavy atom. The number of hydrogen-bond donors (Lipinski definition) is 2. The molecule has 1 aromatic carbocycles. The second kappa shape index (κ2) is 7.42. The summed E-state index contributed by atoms with van der Waals surface area (Å²) in [6, 6.07) is 7.85. The quantitative estimate of drug-likeness (QED) is 0.815. The second-order valence-electron chi connectivity index (χ2n) is 5.14. The van der Waals surface area contributed by atoms with Gasteiger partial charge in [0, 0.05) is 13.1 Å². The predicted octanol–water partition coefficient (Wildman–Crippen LogP) is 2.56. The highest BCUT2D eigenvalue weighted by molar-refractivity contribution is 5.38. The van der Waals surface area contributed by atoms with Gasteiger partial charge >= 0.3 is 0 Å². The smallest absolute Gasteiger partial charge is 0.244 e. The van der Waals surface area contributed by atoms with Gasteiger partial charge in [0.25, 0.3) is 0 Å². The number of methoxy groups -OCH3 is 1. The molecule has 0 saturated carbocycles. The average molecular weight is 287 g/mol. The summed E-state index contributed by atoms with van der Waals surface area (Å²) in [5.41, 5.74) is 1.12. The lowest BCUT2D eigenvalue weighted by Crippen LogP contribution is -2.11. The number of rotatable bonds is 7. The molecule has 2 aromatic rings. The molecule has 112 valence electrons. The number of hydrogen-bond acceptors (Lipinski definition) is 6. The van der Waals surface area contributed by atoms with Gasteiger partial charge in [-0.25, -0.2) is 0 Å².